The molecule has 3 aromatic rings. The summed E-state index contributed by atoms with van der Waals surface area (Å²) in [5.74, 6) is 1.15. The molecule has 0 saturated carbocycles. The van der Waals surface area contributed by atoms with E-state index in [1.165, 1.54) is 0 Å². The summed E-state index contributed by atoms with van der Waals surface area (Å²) in [6.45, 7) is 1.12. The Hall–Kier alpha value is -2.28. The Morgan fingerprint density at radius 1 is 1.25 bits per heavy atom. The molecular formula is C21H24ClN3O2S. The molecule has 148 valence electrons. The first-order valence-electron chi connectivity index (χ1n) is 9.16. The van der Waals surface area contributed by atoms with Crippen molar-refractivity contribution in [3.05, 3.63) is 75.8 Å². The topological polar surface area (TPSA) is 76.2 Å². The lowest BCUT2D eigenvalue weighted by molar-refractivity contribution is 0.219. The molecule has 2 heterocycles. The van der Waals surface area contributed by atoms with Crippen LogP contribution < -0.4 is 10.5 Å². The summed E-state index contributed by atoms with van der Waals surface area (Å²) in [4.78, 5) is 3.11. The third-order valence-electron chi connectivity index (χ3n) is 5.04. The van der Waals surface area contributed by atoms with Crippen molar-refractivity contribution < 1.29 is 9.84 Å². The van der Waals surface area contributed by atoms with E-state index < -0.39 is 0 Å². The monoisotopic (exact) mass is 417 g/mol. The van der Waals surface area contributed by atoms with Gasteiger partial charge < -0.3 is 25.1 Å². The molecule has 0 radical (unpaired) electrons. The number of phenolic OH excluding ortho intramolecular Hbond substituents is 1. The van der Waals surface area contributed by atoms with Crippen LogP contribution in [0.5, 0.6) is 11.5 Å². The van der Waals surface area contributed by atoms with Crippen LogP contribution in [0.4, 0.5) is 0 Å². The van der Waals surface area contributed by atoms with Crippen LogP contribution in [0.15, 0.2) is 48.7 Å². The smallest absolute Gasteiger partial charge is 0.177 e. The van der Waals surface area contributed by atoms with Crippen LogP contribution in [0.3, 0.4) is 0 Å². The van der Waals surface area contributed by atoms with Crippen LogP contribution in [-0.2, 0) is 19.3 Å². The van der Waals surface area contributed by atoms with Gasteiger partial charge in [0.2, 0.25) is 0 Å². The number of imidazole rings is 1. The molecule has 0 aliphatic carbocycles. The summed E-state index contributed by atoms with van der Waals surface area (Å²) in [6, 6.07) is 14.0. The Morgan fingerprint density at radius 2 is 2.04 bits per heavy atom. The Labute approximate surface area is 175 Å². The summed E-state index contributed by atoms with van der Waals surface area (Å²) in [5, 5.41) is 10.5. The van der Waals surface area contributed by atoms with E-state index in [-0.39, 0.29) is 18.4 Å². The zero-order chi connectivity index (χ0) is 18.8. The Bertz CT molecular complexity index is 1000. The van der Waals surface area contributed by atoms with Crippen LogP contribution in [0, 0.1) is 4.77 Å². The van der Waals surface area contributed by atoms with Crippen molar-refractivity contribution in [2.24, 2.45) is 5.73 Å². The molecule has 1 aromatic heterocycles. The summed E-state index contributed by atoms with van der Waals surface area (Å²) in [7, 11) is 0. The molecule has 2 aromatic carbocycles. The molecule has 1 unspecified atom stereocenters. The molecule has 1 atom stereocenters. The average molecular weight is 418 g/mol. The number of rotatable bonds is 5. The minimum Gasteiger partial charge on any atom is -0.508 e. The quantitative estimate of drug-likeness (QED) is 0.549. The van der Waals surface area contributed by atoms with Gasteiger partial charge in [0.05, 0.1) is 6.04 Å². The van der Waals surface area contributed by atoms with E-state index in [4.69, 9.17) is 22.7 Å². The molecule has 28 heavy (non-hydrogen) atoms. The second-order valence-electron chi connectivity index (χ2n) is 6.91. The lowest BCUT2D eigenvalue weighted by Crippen LogP contribution is -2.26. The van der Waals surface area contributed by atoms with Crippen molar-refractivity contribution in [1.82, 2.24) is 9.55 Å². The van der Waals surface area contributed by atoms with Gasteiger partial charge in [0.15, 0.2) is 4.77 Å². The maximum Gasteiger partial charge on any atom is 0.177 e. The predicted octanol–water partition coefficient (Wildman–Crippen LogP) is 3.94. The normalized spacial score (nSPS) is 15.4. The zero-order valence-electron chi connectivity index (χ0n) is 15.4. The number of phenols is 1. The molecule has 0 spiro atoms. The number of nitrogens with zero attached hydrogens (tertiary/aromatic N) is 1. The molecule has 0 amide bonds. The van der Waals surface area contributed by atoms with Crippen LogP contribution in [0.2, 0.25) is 0 Å². The number of halogens is 1. The number of H-pyrrole nitrogens is 1. The van der Waals surface area contributed by atoms with E-state index in [9.17, 15) is 5.11 Å². The van der Waals surface area contributed by atoms with Gasteiger partial charge in [-0.3, -0.25) is 0 Å². The number of hydrogen-bond acceptors (Lipinski definition) is 4. The van der Waals surface area contributed by atoms with E-state index in [1.807, 2.05) is 36.5 Å². The number of benzene rings is 2. The van der Waals surface area contributed by atoms with E-state index in [0.717, 1.165) is 41.0 Å². The van der Waals surface area contributed by atoms with E-state index >= 15 is 0 Å². The second-order valence-corrected chi connectivity index (χ2v) is 7.30. The molecule has 4 N–H and O–H groups in total. The summed E-state index contributed by atoms with van der Waals surface area (Å²) >= 11 is 5.45. The number of nitrogens with one attached hydrogen (secondary N) is 1. The van der Waals surface area contributed by atoms with Gasteiger partial charge in [-0.25, -0.2) is 0 Å². The lowest BCUT2D eigenvalue weighted by Gasteiger charge is -2.28. The first-order chi connectivity index (χ1) is 13.2. The highest BCUT2D eigenvalue weighted by Gasteiger charge is 2.25. The highest BCUT2D eigenvalue weighted by atomic mass is 35.5. The fraction of sp³-hybridized carbons (Fsp3) is 0.286. The highest BCUT2D eigenvalue weighted by Crippen LogP contribution is 2.36. The van der Waals surface area contributed by atoms with Gasteiger partial charge in [0.25, 0.3) is 0 Å². The van der Waals surface area contributed by atoms with Crippen molar-refractivity contribution in [3.8, 4) is 11.5 Å². The van der Waals surface area contributed by atoms with Crippen LogP contribution >= 0.6 is 24.6 Å². The molecule has 0 saturated heterocycles. The SMILES string of the molecule is Cl.NCCc1c[nH]c(=S)n1C1COc2cc(Cc3ccccc3)c(O)cc2C1. The number of fused-ring (bicyclic) bond motifs is 1. The van der Waals surface area contributed by atoms with Crippen molar-refractivity contribution >= 4 is 24.6 Å². The van der Waals surface area contributed by atoms with Gasteiger partial charge in [0.1, 0.15) is 18.1 Å². The predicted molar refractivity (Wildman–Crippen MR) is 115 cm³/mol. The van der Waals surface area contributed by atoms with E-state index in [1.54, 1.807) is 0 Å². The Balaban J connectivity index is 0.00000225. The summed E-state index contributed by atoms with van der Waals surface area (Å²) in [5.41, 5.74) is 9.84. The summed E-state index contributed by atoms with van der Waals surface area (Å²) < 4.78 is 8.84. The molecular weight excluding hydrogens is 394 g/mol. The maximum absolute atomic E-state index is 10.5. The summed E-state index contributed by atoms with van der Waals surface area (Å²) in [6.07, 6.45) is 4.12. The van der Waals surface area contributed by atoms with E-state index in [0.29, 0.717) is 30.1 Å². The Morgan fingerprint density at radius 3 is 2.79 bits per heavy atom. The third kappa shape index (κ3) is 4.09. The van der Waals surface area contributed by atoms with Gasteiger partial charge in [-0.1, -0.05) is 30.3 Å². The number of aromatic amines is 1. The van der Waals surface area contributed by atoms with Gasteiger partial charge in [-0.2, -0.15) is 0 Å². The standard InChI is InChI=1S/C21H23N3O2S.ClH/c22-7-6-17-12-23-21(27)24(17)18-9-16-10-19(25)15(11-20(16)26-13-18)8-14-4-2-1-3-5-14;/h1-5,10-12,18,25H,6-9,13,22H2,(H,23,27);1H. The van der Waals surface area contributed by atoms with Crippen LogP contribution in [-0.4, -0.2) is 27.8 Å². The minimum absolute atomic E-state index is 0. The minimum atomic E-state index is 0. The number of aromatic hydroxyl groups is 1. The first-order valence-corrected chi connectivity index (χ1v) is 9.57. The maximum atomic E-state index is 10.5. The van der Waals surface area contributed by atoms with Gasteiger partial charge in [-0.15, -0.1) is 12.4 Å². The van der Waals surface area contributed by atoms with Gasteiger partial charge in [-0.05, 0) is 42.0 Å². The van der Waals surface area contributed by atoms with Crippen LogP contribution in [0.1, 0.15) is 28.4 Å². The molecule has 0 fully saturated rings. The molecule has 1 aliphatic heterocycles. The highest BCUT2D eigenvalue weighted by molar-refractivity contribution is 7.71. The van der Waals surface area contributed by atoms with Crippen molar-refractivity contribution in [2.45, 2.75) is 25.3 Å². The fourth-order valence-corrected chi connectivity index (χ4v) is 4.05. The molecule has 5 nitrogen and oxygen atoms in total. The molecule has 7 heteroatoms. The lowest BCUT2D eigenvalue weighted by atomic mass is 9.97. The molecule has 0 bridgehead atoms. The van der Waals surface area contributed by atoms with Gasteiger partial charge in [0, 0.05) is 36.7 Å². The van der Waals surface area contributed by atoms with Gasteiger partial charge >= 0.3 is 0 Å². The third-order valence-corrected chi connectivity index (χ3v) is 5.36. The molecule has 1 aliphatic rings. The van der Waals surface area contributed by atoms with Crippen molar-refractivity contribution in [3.63, 3.8) is 0 Å². The number of ether oxygens (including phenoxy) is 1. The average Bonchev–Trinajstić information content (AvgIpc) is 3.03. The van der Waals surface area contributed by atoms with E-state index in [2.05, 4.69) is 21.7 Å². The first kappa shape index (κ1) is 20.5. The number of hydrogen-bond donors (Lipinski definition) is 3. The second kappa shape index (κ2) is 8.82. The fourth-order valence-electron chi connectivity index (χ4n) is 3.72. The number of nitrogens with two attached hydrogens (primary N) is 1. The largest absolute Gasteiger partial charge is 0.508 e. The Kier molecular flexibility index (Phi) is 6.44. The number of aromatic nitrogens is 2. The molecule has 4 rings (SSSR count). The van der Waals surface area contributed by atoms with Crippen molar-refractivity contribution in [1.29, 1.82) is 0 Å². The van der Waals surface area contributed by atoms with Crippen LogP contribution in [0.25, 0.3) is 0 Å². The van der Waals surface area contributed by atoms with Crippen molar-refractivity contribution in [2.75, 3.05) is 13.2 Å². The zero-order valence-corrected chi connectivity index (χ0v) is 17.1.